The van der Waals surface area contributed by atoms with Crippen LogP contribution in [0.4, 0.5) is 0 Å². The van der Waals surface area contributed by atoms with Crippen LogP contribution in [0.3, 0.4) is 0 Å². The van der Waals surface area contributed by atoms with Gasteiger partial charge in [-0.3, -0.25) is 4.79 Å². The zero-order chi connectivity index (χ0) is 13.4. The molecule has 0 bridgehead atoms. The van der Waals surface area contributed by atoms with Gasteiger partial charge in [0.25, 0.3) is 0 Å². The van der Waals surface area contributed by atoms with Gasteiger partial charge in [0.1, 0.15) is 0 Å². The molecule has 0 aromatic carbocycles. The molecular weight excluding hydrogens is 224 g/mol. The smallest absolute Gasteiger partial charge is 0.225 e. The van der Waals surface area contributed by atoms with Crippen LogP contribution in [0.15, 0.2) is 0 Å². The Morgan fingerprint density at radius 1 is 1.17 bits per heavy atom. The summed E-state index contributed by atoms with van der Waals surface area (Å²) in [5.74, 6) is 0.448. The molecule has 1 heterocycles. The van der Waals surface area contributed by atoms with E-state index in [0.717, 1.165) is 32.5 Å². The molecule has 1 amide bonds. The third-order valence-electron chi connectivity index (χ3n) is 3.72. The zero-order valence-corrected chi connectivity index (χ0v) is 12.5. The fraction of sp³-hybridized carbons (Fsp3) is 0.933. The number of hydrogen-bond acceptors (Lipinski definition) is 2. The summed E-state index contributed by atoms with van der Waals surface area (Å²) in [7, 11) is 0. The maximum Gasteiger partial charge on any atom is 0.225 e. The summed E-state index contributed by atoms with van der Waals surface area (Å²) in [6, 6.07) is 0. The predicted octanol–water partition coefficient (Wildman–Crippen LogP) is 2.76. The van der Waals surface area contributed by atoms with E-state index >= 15 is 0 Å². The lowest BCUT2D eigenvalue weighted by Crippen LogP contribution is -2.42. The Bertz CT molecular complexity index is 235. The Kier molecular flexibility index (Phi) is 7.33. The number of hydrogen-bond donors (Lipinski definition) is 0. The molecule has 0 aromatic rings. The van der Waals surface area contributed by atoms with E-state index < -0.39 is 0 Å². The standard InChI is InChI=1S/C15H30N2O/c1-4-5-11-17(15(18)14(2)3)13-12-16-9-7-6-8-10-16/h14H,4-13H2,1-3H3. The second-order valence-electron chi connectivity index (χ2n) is 5.74. The number of likely N-dealkylation sites (tertiary alicyclic amines) is 1. The maximum absolute atomic E-state index is 12.1. The fourth-order valence-corrected chi connectivity index (χ4v) is 2.49. The number of unbranched alkanes of at least 4 members (excludes halogenated alkanes) is 1. The van der Waals surface area contributed by atoms with E-state index in [1.165, 1.54) is 32.4 Å². The van der Waals surface area contributed by atoms with Crippen LogP contribution in [0.25, 0.3) is 0 Å². The molecule has 106 valence electrons. The van der Waals surface area contributed by atoms with Crippen LogP contribution in [0.5, 0.6) is 0 Å². The van der Waals surface area contributed by atoms with Crippen LogP contribution in [0.2, 0.25) is 0 Å². The van der Waals surface area contributed by atoms with E-state index in [1.54, 1.807) is 0 Å². The van der Waals surface area contributed by atoms with E-state index in [-0.39, 0.29) is 5.92 Å². The average Bonchev–Trinajstić information content (AvgIpc) is 2.39. The SMILES string of the molecule is CCCCN(CCN1CCCCC1)C(=O)C(C)C. The highest BCUT2D eigenvalue weighted by molar-refractivity contribution is 5.78. The number of carbonyl (C=O) groups is 1. The van der Waals surface area contributed by atoms with Crippen molar-refractivity contribution in [2.45, 2.75) is 52.9 Å². The van der Waals surface area contributed by atoms with E-state index in [9.17, 15) is 4.79 Å². The Labute approximate surface area is 113 Å². The van der Waals surface area contributed by atoms with Gasteiger partial charge in [0.05, 0.1) is 0 Å². The van der Waals surface area contributed by atoms with Gasteiger partial charge in [0.2, 0.25) is 5.91 Å². The van der Waals surface area contributed by atoms with Crippen LogP contribution in [0, 0.1) is 5.92 Å². The lowest BCUT2D eigenvalue weighted by Gasteiger charge is -2.31. The van der Waals surface area contributed by atoms with Crippen molar-refractivity contribution < 1.29 is 4.79 Å². The minimum atomic E-state index is 0.128. The third-order valence-corrected chi connectivity index (χ3v) is 3.72. The van der Waals surface area contributed by atoms with Gasteiger partial charge in [-0.1, -0.05) is 33.6 Å². The molecule has 0 saturated carbocycles. The van der Waals surface area contributed by atoms with Crippen molar-refractivity contribution >= 4 is 5.91 Å². The molecule has 0 atom stereocenters. The van der Waals surface area contributed by atoms with Crippen molar-refractivity contribution in [2.75, 3.05) is 32.7 Å². The summed E-state index contributed by atoms with van der Waals surface area (Å²) < 4.78 is 0. The first kappa shape index (κ1) is 15.5. The van der Waals surface area contributed by atoms with Gasteiger partial charge in [-0.25, -0.2) is 0 Å². The topological polar surface area (TPSA) is 23.6 Å². The molecule has 0 spiro atoms. The predicted molar refractivity (Wildman–Crippen MR) is 76.6 cm³/mol. The number of rotatable bonds is 7. The lowest BCUT2D eigenvalue weighted by molar-refractivity contribution is -0.134. The summed E-state index contributed by atoms with van der Waals surface area (Å²) >= 11 is 0. The number of amides is 1. The number of nitrogens with zero attached hydrogens (tertiary/aromatic N) is 2. The largest absolute Gasteiger partial charge is 0.341 e. The van der Waals surface area contributed by atoms with Crippen molar-refractivity contribution in [3.05, 3.63) is 0 Å². The van der Waals surface area contributed by atoms with Gasteiger partial charge in [-0.15, -0.1) is 0 Å². The first-order valence-electron chi connectivity index (χ1n) is 7.66. The normalized spacial score (nSPS) is 17.1. The molecular formula is C15H30N2O. The van der Waals surface area contributed by atoms with Crippen LogP contribution >= 0.6 is 0 Å². The Morgan fingerprint density at radius 3 is 2.39 bits per heavy atom. The minimum Gasteiger partial charge on any atom is -0.341 e. The molecule has 3 heteroatoms. The summed E-state index contributed by atoms with van der Waals surface area (Å²) in [4.78, 5) is 16.7. The van der Waals surface area contributed by atoms with Gasteiger partial charge in [-0.2, -0.15) is 0 Å². The Morgan fingerprint density at radius 2 is 1.83 bits per heavy atom. The summed E-state index contributed by atoms with van der Waals surface area (Å²) in [5.41, 5.74) is 0. The lowest BCUT2D eigenvalue weighted by atomic mass is 10.1. The van der Waals surface area contributed by atoms with E-state index in [1.807, 2.05) is 13.8 Å². The summed E-state index contributed by atoms with van der Waals surface area (Å²) in [6.45, 7) is 11.5. The molecule has 3 nitrogen and oxygen atoms in total. The van der Waals surface area contributed by atoms with Crippen molar-refractivity contribution in [3.8, 4) is 0 Å². The molecule has 1 aliphatic rings. The molecule has 0 aromatic heterocycles. The van der Waals surface area contributed by atoms with Crippen LogP contribution in [-0.4, -0.2) is 48.4 Å². The van der Waals surface area contributed by atoms with Crippen molar-refractivity contribution in [1.82, 2.24) is 9.80 Å². The van der Waals surface area contributed by atoms with Crippen LogP contribution < -0.4 is 0 Å². The van der Waals surface area contributed by atoms with E-state index in [4.69, 9.17) is 0 Å². The summed E-state index contributed by atoms with van der Waals surface area (Å²) in [5, 5.41) is 0. The molecule has 0 N–H and O–H groups in total. The number of piperidine rings is 1. The van der Waals surface area contributed by atoms with Gasteiger partial charge in [0.15, 0.2) is 0 Å². The van der Waals surface area contributed by atoms with Crippen LogP contribution in [-0.2, 0) is 4.79 Å². The zero-order valence-electron chi connectivity index (χ0n) is 12.5. The van der Waals surface area contributed by atoms with Gasteiger partial charge >= 0.3 is 0 Å². The van der Waals surface area contributed by atoms with Gasteiger partial charge in [0, 0.05) is 25.6 Å². The molecule has 1 saturated heterocycles. The summed E-state index contributed by atoms with van der Waals surface area (Å²) in [6.07, 6.45) is 6.31. The molecule has 1 fully saturated rings. The second-order valence-corrected chi connectivity index (χ2v) is 5.74. The highest BCUT2D eigenvalue weighted by Crippen LogP contribution is 2.09. The highest BCUT2D eigenvalue weighted by atomic mass is 16.2. The molecule has 1 rings (SSSR count). The number of carbonyl (C=O) groups excluding carboxylic acids is 1. The maximum atomic E-state index is 12.1. The van der Waals surface area contributed by atoms with Crippen molar-refractivity contribution in [1.29, 1.82) is 0 Å². The third kappa shape index (κ3) is 5.38. The molecule has 0 unspecified atom stereocenters. The molecule has 0 aliphatic carbocycles. The average molecular weight is 254 g/mol. The molecule has 0 radical (unpaired) electrons. The first-order valence-corrected chi connectivity index (χ1v) is 7.66. The molecule has 18 heavy (non-hydrogen) atoms. The second kappa shape index (κ2) is 8.52. The van der Waals surface area contributed by atoms with Gasteiger partial charge in [-0.05, 0) is 32.4 Å². The monoisotopic (exact) mass is 254 g/mol. The van der Waals surface area contributed by atoms with Crippen molar-refractivity contribution in [2.24, 2.45) is 5.92 Å². The quantitative estimate of drug-likeness (QED) is 0.697. The van der Waals surface area contributed by atoms with Crippen molar-refractivity contribution in [3.63, 3.8) is 0 Å². The van der Waals surface area contributed by atoms with Gasteiger partial charge < -0.3 is 9.80 Å². The highest BCUT2D eigenvalue weighted by Gasteiger charge is 2.18. The van der Waals surface area contributed by atoms with E-state index in [0.29, 0.717) is 5.91 Å². The fourth-order valence-electron chi connectivity index (χ4n) is 2.49. The Balaban J connectivity index is 2.36. The van der Waals surface area contributed by atoms with E-state index in [2.05, 4.69) is 16.7 Å². The Hall–Kier alpha value is -0.570. The first-order chi connectivity index (χ1) is 8.65. The van der Waals surface area contributed by atoms with Crippen LogP contribution in [0.1, 0.15) is 52.9 Å². The molecule has 1 aliphatic heterocycles. The minimum absolute atomic E-state index is 0.128.